The first kappa shape index (κ1) is 19.0. The average Bonchev–Trinajstić information content (AvgIpc) is 2.53. The number of sulfone groups is 1. The van der Waals surface area contributed by atoms with Gasteiger partial charge in [-0.15, -0.1) is 0 Å². The first-order valence-corrected chi connectivity index (χ1v) is 9.88. The second-order valence-electron chi connectivity index (χ2n) is 6.39. The monoisotopic (exact) mass is 361 g/mol. The Bertz CT molecular complexity index is 873. The predicted octanol–water partition coefficient (Wildman–Crippen LogP) is 3.55. The molecule has 134 valence electrons. The molecular weight excluding hydrogens is 338 g/mol. The van der Waals surface area contributed by atoms with Crippen molar-refractivity contribution in [2.75, 3.05) is 18.7 Å². The van der Waals surface area contributed by atoms with Crippen molar-refractivity contribution in [3.63, 3.8) is 0 Å². The van der Waals surface area contributed by atoms with Crippen molar-refractivity contribution in [2.45, 2.75) is 25.2 Å². The highest BCUT2D eigenvalue weighted by Gasteiger charge is 2.17. The van der Waals surface area contributed by atoms with Crippen LogP contribution in [0.2, 0.25) is 0 Å². The highest BCUT2D eigenvalue weighted by atomic mass is 32.2. The maximum atomic E-state index is 12.5. The van der Waals surface area contributed by atoms with Crippen LogP contribution >= 0.6 is 0 Å². The maximum absolute atomic E-state index is 12.5. The van der Waals surface area contributed by atoms with Gasteiger partial charge < -0.3 is 10.1 Å². The molecule has 0 saturated heterocycles. The molecule has 1 N–H and O–H groups in total. The van der Waals surface area contributed by atoms with Crippen LogP contribution in [-0.4, -0.2) is 27.7 Å². The van der Waals surface area contributed by atoms with E-state index < -0.39 is 9.84 Å². The van der Waals surface area contributed by atoms with Crippen molar-refractivity contribution >= 4 is 21.4 Å². The van der Waals surface area contributed by atoms with Crippen molar-refractivity contribution in [1.29, 1.82) is 0 Å². The van der Waals surface area contributed by atoms with E-state index in [1.165, 1.54) is 19.2 Å². The Balaban J connectivity index is 2.27. The van der Waals surface area contributed by atoms with Crippen LogP contribution in [0.25, 0.3) is 0 Å². The fraction of sp³-hybridized carbons (Fsp3) is 0.316. The molecule has 2 aromatic carbocycles. The molecule has 0 fully saturated rings. The molecule has 0 aromatic heterocycles. The third kappa shape index (κ3) is 5.06. The summed E-state index contributed by atoms with van der Waals surface area (Å²) in [5.41, 5.74) is 2.08. The lowest BCUT2D eigenvalue weighted by Crippen LogP contribution is -2.13. The molecule has 5 nitrogen and oxygen atoms in total. The lowest BCUT2D eigenvalue weighted by molar-refractivity contribution is 0.102. The summed E-state index contributed by atoms with van der Waals surface area (Å²) in [6.07, 6.45) is 2.01. The zero-order valence-electron chi connectivity index (χ0n) is 14.9. The molecule has 0 spiro atoms. The summed E-state index contributed by atoms with van der Waals surface area (Å²) >= 11 is 0. The first-order valence-electron chi connectivity index (χ1n) is 7.99. The fourth-order valence-electron chi connectivity index (χ4n) is 2.56. The minimum atomic E-state index is -3.50. The molecule has 0 heterocycles. The standard InChI is InChI=1S/C19H23NO4S/c1-13(2)10-14-6-5-7-16(11-14)20-19(21)15-8-9-17(24-3)18(12-15)25(4,22)23/h5-9,11-13H,10H2,1-4H3,(H,20,21). The number of carbonyl (C=O) groups is 1. The van der Waals surface area contributed by atoms with E-state index in [9.17, 15) is 13.2 Å². The molecule has 0 aliphatic heterocycles. The smallest absolute Gasteiger partial charge is 0.255 e. The zero-order valence-corrected chi connectivity index (χ0v) is 15.7. The van der Waals surface area contributed by atoms with Gasteiger partial charge in [0.15, 0.2) is 9.84 Å². The van der Waals surface area contributed by atoms with Gasteiger partial charge >= 0.3 is 0 Å². The first-order chi connectivity index (χ1) is 11.7. The number of rotatable bonds is 6. The number of hydrogen-bond acceptors (Lipinski definition) is 4. The van der Waals surface area contributed by atoms with E-state index in [4.69, 9.17) is 4.74 Å². The highest BCUT2D eigenvalue weighted by Crippen LogP contribution is 2.25. The molecule has 0 unspecified atom stereocenters. The molecule has 2 rings (SSSR count). The summed E-state index contributed by atoms with van der Waals surface area (Å²) in [5, 5.41) is 2.81. The van der Waals surface area contributed by atoms with Crippen LogP contribution < -0.4 is 10.1 Å². The van der Waals surface area contributed by atoms with Gasteiger partial charge in [-0.2, -0.15) is 0 Å². The van der Waals surface area contributed by atoms with E-state index in [2.05, 4.69) is 19.2 Å². The predicted molar refractivity (Wildman–Crippen MR) is 99.0 cm³/mol. The molecule has 0 aliphatic rings. The van der Waals surface area contributed by atoms with Crippen LogP contribution in [0.4, 0.5) is 5.69 Å². The normalized spacial score (nSPS) is 11.4. The van der Waals surface area contributed by atoms with Gasteiger partial charge in [0, 0.05) is 17.5 Å². The fourth-order valence-corrected chi connectivity index (χ4v) is 3.42. The summed E-state index contributed by atoms with van der Waals surface area (Å²) in [7, 11) is -2.11. The lowest BCUT2D eigenvalue weighted by Gasteiger charge is -2.11. The molecule has 1 amide bonds. The van der Waals surface area contributed by atoms with Crippen LogP contribution in [0.1, 0.15) is 29.8 Å². The van der Waals surface area contributed by atoms with Gasteiger partial charge in [0.2, 0.25) is 0 Å². The molecule has 6 heteroatoms. The van der Waals surface area contributed by atoms with Crippen molar-refractivity contribution in [2.24, 2.45) is 5.92 Å². The third-order valence-electron chi connectivity index (χ3n) is 3.65. The van der Waals surface area contributed by atoms with E-state index in [1.54, 1.807) is 6.07 Å². The number of ether oxygens (including phenoxy) is 1. The van der Waals surface area contributed by atoms with Gasteiger partial charge in [-0.05, 0) is 48.2 Å². The van der Waals surface area contributed by atoms with E-state index in [1.807, 2.05) is 24.3 Å². The minimum Gasteiger partial charge on any atom is -0.495 e. The van der Waals surface area contributed by atoms with E-state index in [0.29, 0.717) is 11.6 Å². The third-order valence-corrected chi connectivity index (χ3v) is 4.77. The highest BCUT2D eigenvalue weighted by molar-refractivity contribution is 7.90. The van der Waals surface area contributed by atoms with Crippen LogP contribution in [0.5, 0.6) is 5.75 Å². The van der Waals surface area contributed by atoms with Gasteiger partial charge in [-0.3, -0.25) is 4.79 Å². The molecule has 0 aliphatic carbocycles. The van der Waals surface area contributed by atoms with Crippen molar-refractivity contribution in [1.82, 2.24) is 0 Å². The quantitative estimate of drug-likeness (QED) is 0.854. The van der Waals surface area contributed by atoms with Crippen molar-refractivity contribution in [3.8, 4) is 5.75 Å². The summed E-state index contributed by atoms with van der Waals surface area (Å²) in [5.74, 6) is 0.372. The lowest BCUT2D eigenvalue weighted by atomic mass is 10.0. The number of nitrogens with one attached hydrogen (secondary N) is 1. The average molecular weight is 361 g/mol. The minimum absolute atomic E-state index is 0.00351. The van der Waals surface area contributed by atoms with Gasteiger partial charge in [-0.1, -0.05) is 26.0 Å². The number of hydrogen-bond donors (Lipinski definition) is 1. The number of methoxy groups -OCH3 is 1. The number of amides is 1. The summed E-state index contributed by atoms with van der Waals surface area (Å²) < 4.78 is 28.8. The van der Waals surface area contributed by atoms with Gasteiger partial charge in [0.05, 0.1) is 7.11 Å². The second-order valence-corrected chi connectivity index (χ2v) is 8.37. The van der Waals surface area contributed by atoms with Crippen LogP contribution in [0.3, 0.4) is 0 Å². The van der Waals surface area contributed by atoms with E-state index in [-0.39, 0.29) is 22.1 Å². The Morgan fingerprint density at radius 3 is 2.48 bits per heavy atom. The van der Waals surface area contributed by atoms with Gasteiger partial charge in [-0.25, -0.2) is 8.42 Å². The Morgan fingerprint density at radius 1 is 1.16 bits per heavy atom. The Labute approximate surface area is 148 Å². The Kier molecular flexibility index (Phi) is 5.85. The largest absolute Gasteiger partial charge is 0.495 e. The summed E-state index contributed by atoms with van der Waals surface area (Å²) in [4.78, 5) is 12.5. The van der Waals surface area contributed by atoms with E-state index in [0.717, 1.165) is 18.2 Å². The zero-order chi connectivity index (χ0) is 18.6. The summed E-state index contributed by atoms with van der Waals surface area (Å²) in [6.45, 7) is 4.27. The van der Waals surface area contributed by atoms with Gasteiger partial charge in [0.1, 0.15) is 10.6 Å². The number of anilines is 1. The van der Waals surface area contributed by atoms with Crippen molar-refractivity contribution < 1.29 is 17.9 Å². The molecule has 0 radical (unpaired) electrons. The summed E-state index contributed by atoms with van der Waals surface area (Å²) in [6, 6.07) is 12.0. The SMILES string of the molecule is COc1ccc(C(=O)Nc2cccc(CC(C)C)c2)cc1S(C)(=O)=O. The van der Waals surface area contributed by atoms with Crippen LogP contribution in [0.15, 0.2) is 47.4 Å². The molecule has 0 atom stereocenters. The second kappa shape index (κ2) is 7.70. The molecule has 0 bridgehead atoms. The number of carbonyl (C=O) groups excluding carboxylic acids is 1. The van der Waals surface area contributed by atoms with Crippen LogP contribution in [-0.2, 0) is 16.3 Å². The number of benzene rings is 2. The topological polar surface area (TPSA) is 72.5 Å². The molecule has 25 heavy (non-hydrogen) atoms. The Morgan fingerprint density at radius 2 is 1.88 bits per heavy atom. The maximum Gasteiger partial charge on any atom is 0.255 e. The van der Waals surface area contributed by atoms with E-state index >= 15 is 0 Å². The van der Waals surface area contributed by atoms with Crippen molar-refractivity contribution in [3.05, 3.63) is 53.6 Å². The van der Waals surface area contributed by atoms with Crippen LogP contribution in [0, 0.1) is 5.92 Å². The van der Waals surface area contributed by atoms with Gasteiger partial charge in [0.25, 0.3) is 5.91 Å². The Hall–Kier alpha value is -2.34. The molecule has 0 saturated carbocycles. The molecular formula is C19H23NO4S. The molecule has 2 aromatic rings.